The second-order valence-corrected chi connectivity index (χ2v) is 4.80. The van der Waals surface area contributed by atoms with E-state index in [1.54, 1.807) is 7.11 Å². The summed E-state index contributed by atoms with van der Waals surface area (Å²) in [6.45, 7) is 4.25. The van der Waals surface area contributed by atoms with Crippen LogP contribution in [-0.4, -0.2) is 13.2 Å². The van der Waals surface area contributed by atoms with Gasteiger partial charge in [0.1, 0.15) is 5.75 Å². The fraction of sp³-hybridized carbons (Fsp3) is 0.571. The fourth-order valence-electron chi connectivity index (χ4n) is 1.95. The Kier molecular flexibility index (Phi) is 5.79. The monoisotopic (exact) mass is 255 g/mol. The van der Waals surface area contributed by atoms with E-state index >= 15 is 0 Å². The van der Waals surface area contributed by atoms with Crippen molar-refractivity contribution in [3.63, 3.8) is 0 Å². The molecule has 2 N–H and O–H groups in total. The summed E-state index contributed by atoms with van der Waals surface area (Å²) in [5.74, 6) is 0.774. The molecule has 1 unspecified atom stereocenters. The van der Waals surface area contributed by atoms with Crippen LogP contribution < -0.4 is 10.5 Å². The van der Waals surface area contributed by atoms with Crippen molar-refractivity contribution in [3.05, 3.63) is 28.3 Å². The first-order chi connectivity index (χ1) is 8.12. The summed E-state index contributed by atoms with van der Waals surface area (Å²) in [5, 5.41) is 0.691. The van der Waals surface area contributed by atoms with Crippen molar-refractivity contribution in [3.8, 4) is 5.75 Å². The van der Waals surface area contributed by atoms with Gasteiger partial charge in [0.15, 0.2) is 0 Å². The van der Waals surface area contributed by atoms with Gasteiger partial charge in [0, 0.05) is 6.04 Å². The van der Waals surface area contributed by atoms with Crippen LogP contribution in [0.4, 0.5) is 0 Å². The standard InChI is InChI=1S/C14H22ClNO/c1-4-6-10-7-11(9-12(16)5-2)14(17-3)13(15)8-10/h7-8,12H,4-6,9,16H2,1-3H3. The van der Waals surface area contributed by atoms with Gasteiger partial charge in [-0.2, -0.15) is 0 Å². The Balaban J connectivity index is 3.05. The summed E-state index contributed by atoms with van der Waals surface area (Å²) in [6, 6.07) is 4.33. The molecule has 0 spiro atoms. The van der Waals surface area contributed by atoms with E-state index in [4.69, 9.17) is 22.1 Å². The van der Waals surface area contributed by atoms with Crippen LogP contribution in [0.25, 0.3) is 0 Å². The van der Waals surface area contributed by atoms with Crippen molar-refractivity contribution < 1.29 is 4.74 Å². The van der Waals surface area contributed by atoms with E-state index in [2.05, 4.69) is 19.9 Å². The number of halogens is 1. The zero-order valence-electron chi connectivity index (χ0n) is 10.9. The molecule has 2 nitrogen and oxygen atoms in total. The lowest BCUT2D eigenvalue weighted by Gasteiger charge is -2.15. The molecule has 1 aromatic carbocycles. The van der Waals surface area contributed by atoms with Gasteiger partial charge >= 0.3 is 0 Å². The lowest BCUT2D eigenvalue weighted by atomic mass is 9.99. The van der Waals surface area contributed by atoms with Gasteiger partial charge < -0.3 is 10.5 Å². The minimum absolute atomic E-state index is 0.164. The zero-order chi connectivity index (χ0) is 12.8. The van der Waals surface area contributed by atoms with Crippen LogP contribution >= 0.6 is 11.6 Å². The average Bonchev–Trinajstić information content (AvgIpc) is 2.29. The first kappa shape index (κ1) is 14.3. The molecule has 0 aliphatic rings. The van der Waals surface area contributed by atoms with Gasteiger partial charge in [-0.3, -0.25) is 0 Å². The Morgan fingerprint density at radius 1 is 1.35 bits per heavy atom. The lowest BCUT2D eigenvalue weighted by Crippen LogP contribution is -2.21. The topological polar surface area (TPSA) is 35.2 Å². The number of rotatable bonds is 6. The van der Waals surface area contributed by atoms with E-state index in [0.29, 0.717) is 5.02 Å². The Morgan fingerprint density at radius 2 is 2.06 bits per heavy atom. The Morgan fingerprint density at radius 3 is 2.59 bits per heavy atom. The van der Waals surface area contributed by atoms with Crippen molar-refractivity contribution in [2.75, 3.05) is 7.11 Å². The molecule has 0 heterocycles. The van der Waals surface area contributed by atoms with Gasteiger partial charge in [-0.1, -0.05) is 37.9 Å². The van der Waals surface area contributed by atoms with Crippen LogP contribution in [0.1, 0.15) is 37.8 Å². The number of hydrogen-bond donors (Lipinski definition) is 1. The molecular formula is C14H22ClNO. The predicted octanol–water partition coefficient (Wildman–Crippen LogP) is 3.58. The maximum atomic E-state index is 6.23. The molecule has 96 valence electrons. The third-order valence-electron chi connectivity index (χ3n) is 2.93. The van der Waals surface area contributed by atoms with Crippen LogP contribution in [0.5, 0.6) is 5.75 Å². The molecule has 0 saturated carbocycles. The Labute approximate surface area is 109 Å². The largest absolute Gasteiger partial charge is 0.495 e. The minimum atomic E-state index is 0.164. The third-order valence-corrected chi connectivity index (χ3v) is 3.21. The molecule has 0 aromatic heterocycles. The number of aryl methyl sites for hydroxylation is 1. The first-order valence-corrected chi connectivity index (χ1v) is 6.61. The Bertz CT molecular complexity index is 365. The van der Waals surface area contributed by atoms with E-state index in [9.17, 15) is 0 Å². The van der Waals surface area contributed by atoms with Gasteiger partial charge in [0.05, 0.1) is 12.1 Å². The number of methoxy groups -OCH3 is 1. The average molecular weight is 256 g/mol. The van der Waals surface area contributed by atoms with Crippen LogP contribution in [-0.2, 0) is 12.8 Å². The van der Waals surface area contributed by atoms with Crippen molar-refractivity contribution >= 4 is 11.6 Å². The molecule has 0 aliphatic heterocycles. The highest BCUT2D eigenvalue weighted by molar-refractivity contribution is 6.32. The summed E-state index contributed by atoms with van der Waals surface area (Å²) in [6.07, 6.45) is 3.93. The highest BCUT2D eigenvalue weighted by Gasteiger charge is 2.12. The second-order valence-electron chi connectivity index (χ2n) is 4.39. The first-order valence-electron chi connectivity index (χ1n) is 6.23. The van der Waals surface area contributed by atoms with Crippen molar-refractivity contribution in [1.29, 1.82) is 0 Å². The molecule has 0 radical (unpaired) electrons. The van der Waals surface area contributed by atoms with Gasteiger partial charge in [-0.05, 0) is 36.5 Å². The molecule has 0 bridgehead atoms. The van der Waals surface area contributed by atoms with Gasteiger partial charge in [0.2, 0.25) is 0 Å². The van der Waals surface area contributed by atoms with E-state index in [-0.39, 0.29) is 6.04 Å². The maximum absolute atomic E-state index is 6.23. The summed E-state index contributed by atoms with van der Waals surface area (Å²) in [5.41, 5.74) is 8.39. The summed E-state index contributed by atoms with van der Waals surface area (Å²) in [7, 11) is 1.65. The van der Waals surface area contributed by atoms with E-state index in [1.165, 1.54) is 5.56 Å². The lowest BCUT2D eigenvalue weighted by molar-refractivity contribution is 0.407. The molecule has 1 rings (SSSR count). The SMILES string of the molecule is CCCc1cc(Cl)c(OC)c(CC(N)CC)c1. The van der Waals surface area contributed by atoms with Crippen LogP contribution in [0.3, 0.4) is 0 Å². The van der Waals surface area contributed by atoms with Crippen LogP contribution in [0.15, 0.2) is 12.1 Å². The molecule has 17 heavy (non-hydrogen) atoms. The molecule has 0 fully saturated rings. The van der Waals surface area contributed by atoms with E-state index < -0.39 is 0 Å². The van der Waals surface area contributed by atoms with Crippen molar-refractivity contribution in [2.24, 2.45) is 5.73 Å². The number of ether oxygens (including phenoxy) is 1. The molecule has 1 aromatic rings. The summed E-state index contributed by atoms with van der Waals surface area (Å²) in [4.78, 5) is 0. The van der Waals surface area contributed by atoms with Crippen LogP contribution in [0.2, 0.25) is 5.02 Å². The minimum Gasteiger partial charge on any atom is -0.495 e. The molecule has 0 amide bonds. The molecule has 1 atom stereocenters. The third kappa shape index (κ3) is 3.90. The molecule has 3 heteroatoms. The molecular weight excluding hydrogens is 234 g/mol. The van der Waals surface area contributed by atoms with Gasteiger partial charge in [0.25, 0.3) is 0 Å². The summed E-state index contributed by atoms with van der Waals surface area (Å²) < 4.78 is 5.37. The highest BCUT2D eigenvalue weighted by atomic mass is 35.5. The van der Waals surface area contributed by atoms with Crippen LogP contribution in [0, 0.1) is 0 Å². The smallest absolute Gasteiger partial charge is 0.140 e. The predicted molar refractivity (Wildman–Crippen MR) is 74.0 cm³/mol. The van der Waals surface area contributed by atoms with E-state index in [1.807, 2.05) is 6.07 Å². The quantitative estimate of drug-likeness (QED) is 0.843. The molecule has 0 saturated heterocycles. The molecule has 0 aliphatic carbocycles. The number of nitrogens with two attached hydrogens (primary N) is 1. The van der Waals surface area contributed by atoms with Crippen molar-refractivity contribution in [1.82, 2.24) is 0 Å². The number of hydrogen-bond acceptors (Lipinski definition) is 2. The maximum Gasteiger partial charge on any atom is 0.140 e. The fourth-order valence-corrected chi connectivity index (χ4v) is 2.29. The van der Waals surface area contributed by atoms with Crippen molar-refractivity contribution in [2.45, 2.75) is 45.6 Å². The second kappa shape index (κ2) is 6.87. The van der Waals surface area contributed by atoms with Gasteiger partial charge in [-0.25, -0.2) is 0 Å². The highest BCUT2D eigenvalue weighted by Crippen LogP contribution is 2.31. The summed E-state index contributed by atoms with van der Waals surface area (Å²) >= 11 is 6.23. The van der Waals surface area contributed by atoms with Gasteiger partial charge in [-0.15, -0.1) is 0 Å². The van der Waals surface area contributed by atoms with E-state index in [0.717, 1.165) is 37.0 Å². The number of benzene rings is 1. The zero-order valence-corrected chi connectivity index (χ0v) is 11.7. The Hall–Kier alpha value is -0.730. The normalized spacial score (nSPS) is 12.5.